The summed E-state index contributed by atoms with van der Waals surface area (Å²) < 4.78 is 0. The second kappa shape index (κ2) is 4.36. The van der Waals surface area contributed by atoms with Crippen LogP contribution in [0.5, 0.6) is 0 Å². The van der Waals surface area contributed by atoms with Crippen molar-refractivity contribution in [1.29, 1.82) is 0 Å². The minimum absolute atomic E-state index is 0.140. The van der Waals surface area contributed by atoms with Crippen LogP contribution in [0.25, 0.3) is 0 Å². The summed E-state index contributed by atoms with van der Waals surface area (Å²) in [7, 11) is 0. The molecule has 0 saturated carbocycles. The van der Waals surface area contributed by atoms with E-state index in [2.05, 4.69) is 17.6 Å². The van der Waals surface area contributed by atoms with E-state index in [9.17, 15) is 0 Å². The average Bonchev–Trinajstić information content (AvgIpc) is 2.09. The molecular weight excluding hydrogens is 158 g/mol. The Hall–Kier alpha value is -0.540. The average molecular weight is 169 g/mol. The zero-order valence-corrected chi connectivity index (χ0v) is 7.04. The molecule has 0 saturated heterocycles. The normalized spacial score (nSPS) is 12.9. The summed E-state index contributed by atoms with van der Waals surface area (Å²) in [5.41, 5.74) is 1.09. The predicted molar refractivity (Wildman–Crippen MR) is 47.9 cm³/mol. The number of rotatable bonds is 3. The van der Waals surface area contributed by atoms with Gasteiger partial charge in [0, 0.05) is 18.3 Å². The first kappa shape index (κ1) is 8.56. The van der Waals surface area contributed by atoms with Crippen molar-refractivity contribution in [1.82, 2.24) is 4.98 Å². The first-order valence-electron chi connectivity index (χ1n) is 3.50. The van der Waals surface area contributed by atoms with Gasteiger partial charge in [0.1, 0.15) is 0 Å². The third-order valence-corrected chi connectivity index (χ3v) is 2.06. The Balaban J connectivity index is 2.74. The molecule has 1 heterocycles. The lowest BCUT2D eigenvalue weighted by molar-refractivity contribution is 0.275. The molecule has 0 bridgehead atoms. The van der Waals surface area contributed by atoms with E-state index < -0.39 is 0 Å². The van der Waals surface area contributed by atoms with Crippen LogP contribution in [-0.2, 0) is 0 Å². The number of hydrogen-bond acceptors (Lipinski definition) is 3. The van der Waals surface area contributed by atoms with Gasteiger partial charge in [-0.05, 0) is 23.4 Å². The summed E-state index contributed by atoms with van der Waals surface area (Å²) in [6, 6.07) is 3.80. The Morgan fingerprint density at radius 1 is 1.45 bits per heavy atom. The van der Waals surface area contributed by atoms with E-state index in [0.29, 0.717) is 5.75 Å². The second-order valence-corrected chi connectivity index (χ2v) is 2.71. The molecule has 0 fully saturated rings. The Kier molecular flexibility index (Phi) is 3.39. The molecule has 1 atom stereocenters. The highest BCUT2D eigenvalue weighted by atomic mass is 32.1. The quantitative estimate of drug-likeness (QED) is 0.664. The Morgan fingerprint density at radius 2 is 2.09 bits per heavy atom. The Morgan fingerprint density at radius 3 is 2.55 bits per heavy atom. The number of thiol groups is 1. The molecule has 11 heavy (non-hydrogen) atoms. The monoisotopic (exact) mass is 169 g/mol. The second-order valence-electron chi connectivity index (χ2n) is 2.34. The maximum absolute atomic E-state index is 8.91. The number of aromatic nitrogens is 1. The lowest BCUT2D eigenvalue weighted by Gasteiger charge is -2.09. The van der Waals surface area contributed by atoms with Gasteiger partial charge in [-0.15, -0.1) is 0 Å². The van der Waals surface area contributed by atoms with Gasteiger partial charge in [0.15, 0.2) is 0 Å². The maximum atomic E-state index is 8.91. The van der Waals surface area contributed by atoms with E-state index in [1.807, 2.05) is 12.1 Å². The van der Waals surface area contributed by atoms with Crippen molar-refractivity contribution in [2.24, 2.45) is 0 Å². The van der Waals surface area contributed by atoms with E-state index in [1.165, 1.54) is 0 Å². The third kappa shape index (κ3) is 2.20. The molecule has 1 unspecified atom stereocenters. The van der Waals surface area contributed by atoms with Gasteiger partial charge < -0.3 is 5.11 Å². The number of nitrogens with zero attached hydrogens (tertiary/aromatic N) is 1. The third-order valence-electron chi connectivity index (χ3n) is 1.62. The largest absolute Gasteiger partial charge is 0.396 e. The topological polar surface area (TPSA) is 33.1 Å². The van der Waals surface area contributed by atoms with E-state index in [-0.39, 0.29) is 12.5 Å². The fourth-order valence-electron chi connectivity index (χ4n) is 0.904. The zero-order valence-electron chi connectivity index (χ0n) is 6.14. The van der Waals surface area contributed by atoms with Crippen LogP contribution in [0.3, 0.4) is 0 Å². The molecule has 0 radical (unpaired) electrons. The number of aliphatic hydroxyl groups excluding tert-OH is 1. The Labute approximate surface area is 71.7 Å². The highest BCUT2D eigenvalue weighted by Gasteiger charge is 2.06. The van der Waals surface area contributed by atoms with E-state index in [0.717, 1.165) is 5.56 Å². The molecule has 0 aromatic carbocycles. The van der Waals surface area contributed by atoms with Crippen LogP contribution in [0.15, 0.2) is 24.5 Å². The van der Waals surface area contributed by atoms with Gasteiger partial charge in [-0.3, -0.25) is 4.98 Å². The van der Waals surface area contributed by atoms with Crippen molar-refractivity contribution in [2.45, 2.75) is 5.92 Å². The van der Waals surface area contributed by atoms with Crippen molar-refractivity contribution in [3.8, 4) is 0 Å². The zero-order chi connectivity index (χ0) is 8.10. The van der Waals surface area contributed by atoms with E-state index in [1.54, 1.807) is 12.4 Å². The predicted octanol–water partition coefficient (Wildman–Crippen LogP) is 1.09. The van der Waals surface area contributed by atoms with Crippen LogP contribution in [0.4, 0.5) is 0 Å². The number of aliphatic hydroxyl groups is 1. The smallest absolute Gasteiger partial charge is 0.0507 e. The summed E-state index contributed by atoms with van der Waals surface area (Å²) in [6.07, 6.45) is 3.45. The molecule has 1 N–H and O–H groups in total. The van der Waals surface area contributed by atoms with Crippen molar-refractivity contribution >= 4 is 12.6 Å². The highest BCUT2D eigenvalue weighted by molar-refractivity contribution is 7.80. The van der Waals surface area contributed by atoms with Crippen LogP contribution in [0, 0.1) is 0 Å². The van der Waals surface area contributed by atoms with Crippen molar-refractivity contribution < 1.29 is 5.11 Å². The number of pyridine rings is 1. The van der Waals surface area contributed by atoms with Crippen molar-refractivity contribution in [2.75, 3.05) is 12.4 Å². The molecule has 0 aliphatic carbocycles. The van der Waals surface area contributed by atoms with Crippen molar-refractivity contribution in [3.05, 3.63) is 30.1 Å². The molecule has 3 heteroatoms. The molecule has 0 aliphatic heterocycles. The molecular formula is C8H11NOS. The van der Waals surface area contributed by atoms with Gasteiger partial charge in [0.05, 0.1) is 6.61 Å². The fourth-order valence-corrected chi connectivity index (χ4v) is 1.23. The van der Waals surface area contributed by atoms with Gasteiger partial charge in [-0.2, -0.15) is 12.6 Å². The summed E-state index contributed by atoms with van der Waals surface area (Å²) >= 11 is 4.13. The Bertz CT molecular complexity index is 199. The van der Waals surface area contributed by atoms with Crippen LogP contribution in [0.1, 0.15) is 11.5 Å². The van der Waals surface area contributed by atoms with Crippen LogP contribution in [-0.4, -0.2) is 22.5 Å². The first-order valence-corrected chi connectivity index (χ1v) is 4.13. The molecule has 2 nitrogen and oxygen atoms in total. The summed E-state index contributed by atoms with van der Waals surface area (Å²) in [5, 5.41) is 8.91. The minimum Gasteiger partial charge on any atom is -0.396 e. The SMILES string of the molecule is OCC(CS)c1ccncc1. The van der Waals surface area contributed by atoms with Gasteiger partial charge in [0.25, 0.3) is 0 Å². The van der Waals surface area contributed by atoms with Gasteiger partial charge in [0.2, 0.25) is 0 Å². The van der Waals surface area contributed by atoms with E-state index in [4.69, 9.17) is 5.11 Å². The number of hydrogen-bond donors (Lipinski definition) is 2. The summed E-state index contributed by atoms with van der Waals surface area (Å²) in [4.78, 5) is 3.89. The van der Waals surface area contributed by atoms with Crippen LogP contribution >= 0.6 is 12.6 Å². The molecule has 0 spiro atoms. The molecule has 1 aromatic rings. The van der Waals surface area contributed by atoms with Crippen molar-refractivity contribution in [3.63, 3.8) is 0 Å². The van der Waals surface area contributed by atoms with E-state index >= 15 is 0 Å². The maximum Gasteiger partial charge on any atom is 0.0507 e. The lowest BCUT2D eigenvalue weighted by Crippen LogP contribution is -2.05. The standard InChI is InChI=1S/C8H11NOS/c10-5-8(6-11)7-1-3-9-4-2-7/h1-4,8,10-11H,5-6H2. The highest BCUT2D eigenvalue weighted by Crippen LogP contribution is 2.14. The molecule has 0 amide bonds. The lowest BCUT2D eigenvalue weighted by atomic mass is 10.0. The summed E-state index contributed by atoms with van der Waals surface area (Å²) in [5.74, 6) is 0.807. The van der Waals surface area contributed by atoms with Crippen LogP contribution in [0.2, 0.25) is 0 Å². The van der Waals surface area contributed by atoms with Gasteiger partial charge in [-0.1, -0.05) is 0 Å². The minimum atomic E-state index is 0.140. The summed E-state index contributed by atoms with van der Waals surface area (Å²) in [6.45, 7) is 0.146. The molecule has 60 valence electrons. The van der Waals surface area contributed by atoms with Crippen LogP contribution < -0.4 is 0 Å². The fraction of sp³-hybridized carbons (Fsp3) is 0.375. The van der Waals surface area contributed by atoms with Gasteiger partial charge in [-0.25, -0.2) is 0 Å². The molecule has 1 aromatic heterocycles. The molecule has 0 aliphatic rings. The molecule has 1 rings (SSSR count). The van der Waals surface area contributed by atoms with Gasteiger partial charge >= 0.3 is 0 Å². The first-order chi connectivity index (χ1) is 5.38.